The third-order valence-electron chi connectivity index (χ3n) is 7.44. The van der Waals surface area contributed by atoms with Crippen LogP contribution in [0.1, 0.15) is 96.8 Å². The highest BCUT2D eigenvalue weighted by Gasteiger charge is 2.44. The Bertz CT molecular complexity index is 798. The van der Waals surface area contributed by atoms with Gasteiger partial charge in [0.05, 0.1) is 6.16 Å². The smallest absolute Gasteiger partial charge is 0.112 e. The van der Waals surface area contributed by atoms with Crippen LogP contribution in [-0.4, -0.2) is 6.16 Å². The SMILES string of the molecule is Br.CCCCCCCCCCCCCCCC[P+](c1ccccc1)(c1ccccc1)c1ccccc1. The Morgan fingerprint density at radius 2 is 0.667 bits per heavy atom. The second kappa shape index (κ2) is 18.8. The first kappa shape index (κ1) is 30.8. The Kier molecular flexibility index (Phi) is 16.0. The topological polar surface area (TPSA) is 0 Å². The lowest BCUT2D eigenvalue weighted by Gasteiger charge is -2.27. The second-order valence-electron chi connectivity index (χ2n) is 10.1. The summed E-state index contributed by atoms with van der Waals surface area (Å²) in [5.74, 6) is 0. The minimum Gasteiger partial charge on any atom is -0.114 e. The van der Waals surface area contributed by atoms with Crippen LogP contribution in [0.15, 0.2) is 91.0 Å². The van der Waals surface area contributed by atoms with Crippen molar-refractivity contribution in [3.8, 4) is 0 Å². The van der Waals surface area contributed by atoms with Crippen molar-refractivity contribution < 1.29 is 0 Å². The van der Waals surface area contributed by atoms with E-state index in [9.17, 15) is 0 Å². The number of benzene rings is 3. The Hall–Kier alpha value is -1.43. The molecule has 0 N–H and O–H groups in total. The van der Waals surface area contributed by atoms with Gasteiger partial charge in [0.15, 0.2) is 0 Å². The summed E-state index contributed by atoms with van der Waals surface area (Å²) in [6.45, 7) is 2.30. The summed E-state index contributed by atoms with van der Waals surface area (Å²) in [5.41, 5.74) is 0. The monoisotopic (exact) mass is 567 g/mol. The van der Waals surface area contributed by atoms with Crippen LogP contribution in [0, 0.1) is 0 Å². The summed E-state index contributed by atoms with van der Waals surface area (Å²) < 4.78 is 0. The molecule has 0 nitrogen and oxygen atoms in total. The second-order valence-corrected chi connectivity index (χ2v) is 13.8. The molecule has 0 bridgehead atoms. The maximum absolute atomic E-state index is 2.37. The lowest BCUT2D eigenvalue weighted by atomic mass is 10.0. The highest BCUT2D eigenvalue weighted by molar-refractivity contribution is 8.93. The molecule has 0 saturated carbocycles. The van der Waals surface area contributed by atoms with Gasteiger partial charge in [0.1, 0.15) is 23.2 Å². The number of unbranched alkanes of at least 4 members (excludes halogenated alkanes) is 13. The van der Waals surface area contributed by atoms with E-state index in [1.54, 1.807) is 0 Å². The highest BCUT2D eigenvalue weighted by atomic mass is 79.9. The zero-order chi connectivity index (χ0) is 24.4. The van der Waals surface area contributed by atoms with Gasteiger partial charge in [-0.05, 0) is 49.2 Å². The van der Waals surface area contributed by atoms with Gasteiger partial charge in [-0.25, -0.2) is 0 Å². The third-order valence-corrected chi connectivity index (χ3v) is 12.0. The lowest BCUT2D eigenvalue weighted by molar-refractivity contribution is 0.538. The Morgan fingerprint density at radius 3 is 0.972 bits per heavy atom. The summed E-state index contributed by atoms with van der Waals surface area (Å²) in [5, 5.41) is 4.56. The fourth-order valence-corrected chi connectivity index (χ4v) is 9.84. The molecule has 0 spiro atoms. The minimum atomic E-state index is -1.64. The summed E-state index contributed by atoms with van der Waals surface area (Å²) in [6.07, 6.45) is 21.0. The van der Waals surface area contributed by atoms with E-state index in [1.165, 1.54) is 112 Å². The quantitative estimate of drug-likeness (QED) is 0.106. The molecule has 0 saturated heterocycles. The first-order valence-electron chi connectivity index (χ1n) is 14.4. The molecule has 196 valence electrons. The van der Waals surface area contributed by atoms with E-state index in [1.807, 2.05) is 0 Å². The zero-order valence-electron chi connectivity index (χ0n) is 22.6. The van der Waals surface area contributed by atoms with Gasteiger partial charge in [-0.15, -0.1) is 17.0 Å². The van der Waals surface area contributed by atoms with Crippen molar-refractivity contribution in [1.29, 1.82) is 0 Å². The van der Waals surface area contributed by atoms with Crippen LogP contribution in [-0.2, 0) is 0 Å². The molecule has 0 aliphatic heterocycles. The summed E-state index contributed by atoms with van der Waals surface area (Å²) in [4.78, 5) is 0. The lowest BCUT2D eigenvalue weighted by Crippen LogP contribution is -2.33. The molecular weight excluding hydrogens is 519 g/mol. The maximum atomic E-state index is 2.37. The Balaban J connectivity index is 0.00000456. The van der Waals surface area contributed by atoms with Crippen LogP contribution in [0.3, 0.4) is 0 Å². The van der Waals surface area contributed by atoms with Crippen molar-refractivity contribution >= 4 is 40.2 Å². The van der Waals surface area contributed by atoms with E-state index >= 15 is 0 Å². The van der Waals surface area contributed by atoms with E-state index in [0.717, 1.165) is 0 Å². The minimum absolute atomic E-state index is 0. The van der Waals surface area contributed by atoms with Crippen LogP contribution >= 0.6 is 24.2 Å². The van der Waals surface area contributed by atoms with E-state index in [0.29, 0.717) is 0 Å². The van der Waals surface area contributed by atoms with Crippen LogP contribution in [0.2, 0.25) is 0 Å². The number of hydrogen-bond donors (Lipinski definition) is 0. The number of rotatable bonds is 18. The molecule has 0 amide bonds. The predicted octanol–water partition coefficient (Wildman–Crippen LogP) is 10.0. The summed E-state index contributed by atoms with van der Waals surface area (Å²) in [6, 6.07) is 34.0. The van der Waals surface area contributed by atoms with Gasteiger partial charge in [0.2, 0.25) is 0 Å². The first-order chi connectivity index (χ1) is 17.4. The Morgan fingerprint density at radius 1 is 0.389 bits per heavy atom. The van der Waals surface area contributed by atoms with Gasteiger partial charge in [0.25, 0.3) is 0 Å². The molecule has 0 heterocycles. The number of hydrogen-bond acceptors (Lipinski definition) is 0. The molecular formula is C34H49BrP+. The van der Waals surface area contributed by atoms with Gasteiger partial charge in [-0.2, -0.15) is 0 Å². The normalized spacial score (nSPS) is 11.2. The van der Waals surface area contributed by atoms with E-state index in [2.05, 4.69) is 97.9 Å². The molecule has 0 aromatic heterocycles. The van der Waals surface area contributed by atoms with Gasteiger partial charge >= 0.3 is 0 Å². The number of halogens is 1. The average molecular weight is 569 g/mol. The molecule has 0 radical (unpaired) electrons. The molecule has 0 atom stereocenters. The van der Waals surface area contributed by atoms with E-state index < -0.39 is 7.26 Å². The first-order valence-corrected chi connectivity index (χ1v) is 16.4. The summed E-state index contributed by atoms with van der Waals surface area (Å²) >= 11 is 0. The van der Waals surface area contributed by atoms with Gasteiger partial charge in [0, 0.05) is 0 Å². The largest absolute Gasteiger partial charge is 0.114 e. The molecule has 3 aromatic carbocycles. The van der Waals surface area contributed by atoms with Crippen molar-refractivity contribution in [3.63, 3.8) is 0 Å². The van der Waals surface area contributed by atoms with Crippen molar-refractivity contribution in [1.82, 2.24) is 0 Å². The zero-order valence-corrected chi connectivity index (χ0v) is 25.2. The van der Waals surface area contributed by atoms with Gasteiger partial charge in [-0.1, -0.05) is 139 Å². The van der Waals surface area contributed by atoms with Crippen molar-refractivity contribution in [2.75, 3.05) is 6.16 Å². The van der Waals surface area contributed by atoms with Crippen molar-refractivity contribution in [2.45, 2.75) is 96.8 Å². The van der Waals surface area contributed by atoms with E-state index in [-0.39, 0.29) is 17.0 Å². The van der Waals surface area contributed by atoms with Crippen LogP contribution in [0.5, 0.6) is 0 Å². The highest BCUT2D eigenvalue weighted by Crippen LogP contribution is 2.56. The molecule has 0 aliphatic rings. The molecule has 3 aromatic rings. The van der Waals surface area contributed by atoms with Crippen LogP contribution in [0.25, 0.3) is 0 Å². The molecule has 0 fully saturated rings. The Labute approximate surface area is 233 Å². The van der Waals surface area contributed by atoms with E-state index in [4.69, 9.17) is 0 Å². The standard InChI is InChI=1S/C34H48P.BrH/c1-2-3-4-5-6-7-8-9-10-11-12-13-14-24-31-35(32-25-18-15-19-26-32,33-27-20-16-21-28-33)34-29-22-17-23-30-34;/h15-23,25-30H,2-14,24,31H2,1H3;1H/q+1;. The molecule has 36 heavy (non-hydrogen) atoms. The molecule has 2 heteroatoms. The third kappa shape index (κ3) is 9.79. The van der Waals surface area contributed by atoms with Gasteiger partial charge < -0.3 is 0 Å². The fourth-order valence-electron chi connectivity index (χ4n) is 5.43. The molecule has 0 unspecified atom stereocenters. The average Bonchev–Trinajstić information content (AvgIpc) is 2.93. The van der Waals surface area contributed by atoms with Gasteiger partial charge in [-0.3, -0.25) is 0 Å². The van der Waals surface area contributed by atoms with Crippen molar-refractivity contribution in [3.05, 3.63) is 91.0 Å². The maximum Gasteiger partial charge on any atom is 0.112 e. The molecule has 3 rings (SSSR count). The molecule has 0 aliphatic carbocycles. The summed E-state index contributed by atoms with van der Waals surface area (Å²) in [7, 11) is -1.64. The van der Waals surface area contributed by atoms with Crippen LogP contribution < -0.4 is 15.9 Å². The predicted molar refractivity (Wildman–Crippen MR) is 171 cm³/mol. The fraction of sp³-hybridized carbons (Fsp3) is 0.471. The van der Waals surface area contributed by atoms with Crippen LogP contribution in [0.4, 0.5) is 0 Å². The van der Waals surface area contributed by atoms with Crippen molar-refractivity contribution in [2.24, 2.45) is 0 Å².